The first kappa shape index (κ1) is 50.4. The molecule has 22 nitrogen and oxygen atoms in total. The molecule has 0 spiro atoms. The van der Waals surface area contributed by atoms with Crippen LogP contribution < -0.4 is 37.6 Å². The number of nitrogens with two attached hydrogens (primary N) is 1. The second-order valence-corrected chi connectivity index (χ2v) is 16.1. The molecule has 67 heavy (non-hydrogen) atoms. The van der Waals surface area contributed by atoms with Crippen molar-refractivity contribution in [3.63, 3.8) is 0 Å². The summed E-state index contributed by atoms with van der Waals surface area (Å²) in [5.41, 5.74) is 8.58. The van der Waals surface area contributed by atoms with Gasteiger partial charge in [-0.2, -0.15) is 0 Å². The van der Waals surface area contributed by atoms with Crippen molar-refractivity contribution in [2.24, 2.45) is 5.73 Å². The molecule has 3 aromatic carbocycles. The Morgan fingerprint density at radius 2 is 1.33 bits per heavy atom. The molecule has 1 fully saturated rings. The number of aromatic hydroxyl groups is 2. The molecule has 5 rings (SSSR count). The number of aromatic nitrogens is 1. The van der Waals surface area contributed by atoms with Gasteiger partial charge in [-0.15, -0.1) is 0 Å². The maximum atomic E-state index is 14.4. The second kappa shape index (κ2) is 23.6. The van der Waals surface area contributed by atoms with E-state index in [1.807, 2.05) is 0 Å². The minimum Gasteiger partial charge on any atom is -0.508 e. The number of rotatable bonds is 22. The molecule has 14 N–H and O–H groups in total. The Morgan fingerprint density at radius 3 is 1.94 bits per heavy atom. The van der Waals surface area contributed by atoms with Gasteiger partial charge >= 0.3 is 5.97 Å². The minimum atomic E-state index is -1.67. The smallest absolute Gasteiger partial charge is 0.328 e. The lowest BCUT2D eigenvalue weighted by Crippen LogP contribution is -2.59. The van der Waals surface area contributed by atoms with E-state index in [9.17, 15) is 63.9 Å². The molecule has 7 atom stereocenters. The van der Waals surface area contributed by atoms with Crippen LogP contribution in [0.2, 0.25) is 0 Å². The predicted molar refractivity (Wildman–Crippen MR) is 238 cm³/mol. The summed E-state index contributed by atoms with van der Waals surface area (Å²) in [7, 11) is 0. The third-order valence-electron chi connectivity index (χ3n) is 11.0. The number of carbonyl (C=O) groups is 8. The number of hydrogen-bond acceptors (Lipinski definition) is 13. The van der Waals surface area contributed by atoms with Crippen LogP contribution in [0.3, 0.4) is 0 Å². The van der Waals surface area contributed by atoms with E-state index in [1.54, 1.807) is 54.7 Å². The van der Waals surface area contributed by atoms with E-state index < -0.39 is 109 Å². The van der Waals surface area contributed by atoms with Crippen molar-refractivity contribution in [1.82, 2.24) is 41.8 Å². The average Bonchev–Trinajstić information content (AvgIpc) is 3.97. The molecule has 0 unspecified atom stereocenters. The minimum absolute atomic E-state index is 0.0394. The highest BCUT2D eigenvalue weighted by Crippen LogP contribution is 2.23. The molecule has 2 heterocycles. The van der Waals surface area contributed by atoms with Gasteiger partial charge in [0.2, 0.25) is 41.4 Å². The first-order valence-corrected chi connectivity index (χ1v) is 21.4. The van der Waals surface area contributed by atoms with Crippen LogP contribution in [0.5, 0.6) is 11.5 Å². The molecule has 0 bridgehead atoms. The molecule has 7 amide bonds. The van der Waals surface area contributed by atoms with E-state index in [1.165, 1.54) is 29.2 Å². The van der Waals surface area contributed by atoms with E-state index in [0.717, 1.165) is 17.8 Å². The van der Waals surface area contributed by atoms with Gasteiger partial charge in [0, 0.05) is 36.5 Å². The number of benzene rings is 3. The van der Waals surface area contributed by atoms with E-state index in [2.05, 4.69) is 36.9 Å². The lowest BCUT2D eigenvalue weighted by Gasteiger charge is -2.30. The van der Waals surface area contributed by atoms with E-state index in [4.69, 9.17) is 5.73 Å². The molecule has 358 valence electrons. The normalized spacial score (nSPS) is 16.1. The van der Waals surface area contributed by atoms with Gasteiger partial charge in [-0.1, -0.05) is 42.5 Å². The van der Waals surface area contributed by atoms with Crippen LogP contribution >= 0.6 is 0 Å². The number of H-pyrrole nitrogens is 1. The van der Waals surface area contributed by atoms with Crippen LogP contribution in [0.1, 0.15) is 36.5 Å². The number of amides is 7. The monoisotopic (exact) mass is 929 g/mol. The van der Waals surface area contributed by atoms with Crippen molar-refractivity contribution in [3.8, 4) is 11.5 Å². The van der Waals surface area contributed by atoms with Gasteiger partial charge in [-0.3, -0.25) is 33.6 Å². The molecule has 4 aromatic rings. The quantitative estimate of drug-likeness (QED) is 0.0390. The average molecular weight is 930 g/mol. The number of carboxylic acids is 1. The molecule has 1 aliphatic heterocycles. The Labute approximate surface area is 383 Å². The highest BCUT2D eigenvalue weighted by atomic mass is 16.4. The zero-order chi connectivity index (χ0) is 48.8. The van der Waals surface area contributed by atoms with Gasteiger partial charge in [-0.25, -0.2) is 4.79 Å². The Hall–Kier alpha value is -7.56. The number of likely N-dealkylation sites (tertiary alicyclic amines) is 1. The zero-order valence-electron chi connectivity index (χ0n) is 36.4. The maximum Gasteiger partial charge on any atom is 0.328 e. The number of carbonyl (C=O) groups excluding carboxylic acids is 7. The molecule has 22 heteroatoms. The summed E-state index contributed by atoms with van der Waals surface area (Å²) >= 11 is 0. The van der Waals surface area contributed by atoms with Crippen molar-refractivity contribution in [1.29, 1.82) is 0 Å². The lowest BCUT2D eigenvalue weighted by molar-refractivity contribution is -0.144. The first-order chi connectivity index (χ1) is 31.9. The summed E-state index contributed by atoms with van der Waals surface area (Å²) in [6, 6.07) is 11.0. The highest BCUT2D eigenvalue weighted by molar-refractivity contribution is 5.97. The van der Waals surface area contributed by atoms with Crippen LogP contribution in [0.25, 0.3) is 10.9 Å². The maximum absolute atomic E-state index is 14.4. The Morgan fingerprint density at radius 1 is 0.731 bits per heavy atom. The number of nitrogens with zero attached hydrogens (tertiary/aromatic N) is 1. The van der Waals surface area contributed by atoms with E-state index in [0.29, 0.717) is 23.1 Å². The van der Waals surface area contributed by atoms with Crippen LogP contribution in [0.15, 0.2) is 79.0 Å². The van der Waals surface area contributed by atoms with Crippen LogP contribution in [0.4, 0.5) is 0 Å². The molecular weight excluding hydrogens is 875 g/mol. The van der Waals surface area contributed by atoms with Crippen molar-refractivity contribution in [2.75, 3.05) is 26.2 Å². The number of phenols is 2. The SMILES string of the molecule is C[C@@H](O)[C@H](NC(=O)CNC(=O)[C@H](CO)NC(=O)[C@H](Cc1c[nH]c2ccccc12)NC(=O)[C@@H]1CCCN1C(=O)[C@H](Cc1ccc(O)cc1)NC(=O)CNC(=O)[C@@H](N)Cc1ccc(O)cc1)C(=O)O. The molecule has 1 saturated heterocycles. The molecule has 1 aromatic heterocycles. The number of aromatic amines is 1. The fraction of sp³-hybridized carbons (Fsp3) is 0.378. The summed E-state index contributed by atoms with van der Waals surface area (Å²) in [5.74, 6) is -7.25. The van der Waals surface area contributed by atoms with Crippen LogP contribution in [0, 0.1) is 0 Å². The van der Waals surface area contributed by atoms with Crippen LogP contribution in [-0.2, 0) is 57.6 Å². The number of fused-ring (bicyclic) bond motifs is 1. The number of carboxylic acid groups (broad SMARTS) is 1. The summed E-state index contributed by atoms with van der Waals surface area (Å²) in [6.07, 6.45) is 0.594. The van der Waals surface area contributed by atoms with Gasteiger partial charge in [0.05, 0.1) is 31.8 Å². The molecule has 0 aliphatic carbocycles. The van der Waals surface area contributed by atoms with E-state index >= 15 is 0 Å². The third-order valence-corrected chi connectivity index (χ3v) is 11.0. The van der Waals surface area contributed by atoms with Gasteiger partial charge < -0.3 is 73.1 Å². The molecule has 1 aliphatic rings. The topological polar surface area (TPSA) is 355 Å². The summed E-state index contributed by atoms with van der Waals surface area (Å²) in [5, 5.41) is 63.6. The van der Waals surface area contributed by atoms with Crippen molar-refractivity contribution >= 4 is 58.2 Å². The number of nitrogens with one attached hydrogen (secondary N) is 7. The molecule has 0 radical (unpaired) electrons. The number of aliphatic carboxylic acids is 1. The zero-order valence-corrected chi connectivity index (χ0v) is 36.4. The molecule has 0 saturated carbocycles. The number of aliphatic hydroxyl groups is 2. The summed E-state index contributed by atoms with van der Waals surface area (Å²) < 4.78 is 0. The predicted octanol–water partition coefficient (Wildman–Crippen LogP) is -2.45. The Kier molecular flexibility index (Phi) is 17.7. The largest absolute Gasteiger partial charge is 0.508 e. The van der Waals surface area contributed by atoms with Gasteiger partial charge in [0.25, 0.3) is 0 Å². The number of phenolic OH excluding ortho intramolecular Hbond substituents is 2. The van der Waals surface area contributed by atoms with Gasteiger partial charge in [0.15, 0.2) is 6.04 Å². The molecular formula is C45H55N9O13. The van der Waals surface area contributed by atoms with Gasteiger partial charge in [-0.05, 0) is 73.2 Å². The van der Waals surface area contributed by atoms with Crippen molar-refractivity contribution in [3.05, 3.63) is 95.7 Å². The Balaban J connectivity index is 1.29. The standard InChI is InChI=1S/C45H55N9O13/c1-24(56)39(45(66)67)53-38(60)22-49-41(62)35(23-55)52-42(63)33(19-27-20-47-32-6-3-2-5-30(27)32)51-43(64)36-7-4-16-54(36)44(65)34(18-26-10-14-29(58)15-11-26)50-37(59)21-48-40(61)31(46)17-25-8-12-28(57)13-9-25/h2-3,5-6,8-15,20,24,31,33-36,39,47,55-58H,4,7,16-19,21-23,46H2,1H3,(H,48,61)(H,49,62)(H,50,59)(H,51,64)(H,52,63)(H,53,60)(H,66,67)/t24-,31+,33+,34+,35+,36+,39+/m1/s1. The van der Waals surface area contributed by atoms with Gasteiger partial charge in [0.1, 0.15) is 35.7 Å². The highest BCUT2D eigenvalue weighted by Gasteiger charge is 2.39. The fourth-order valence-corrected chi connectivity index (χ4v) is 7.46. The first-order valence-electron chi connectivity index (χ1n) is 21.4. The van der Waals surface area contributed by atoms with Crippen molar-refractivity contribution in [2.45, 2.75) is 81.4 Å². The lowest BCUT2D eigenvalue weighted by atomic mass is 10.0. The summed E-state index contributed by atoms with van der Waals surface area (Å²) in [4.78, 5) is 110. The summed E-state index contributed by atoms with van der Waals surface area (Å²) in [6.45, 7) is -1.04. The number of para-hydroxylation sites is 1. The number of hydrogen-bond donors (Lipinski definition) is 13. The number of aliphatic hydroxyl groups excluding tert-OH is 2. The van der Waals surface area contributed by atoms with E-state index in [-0.39, 0.29) is 43.7 Å². The van der Waals surface area contributed by atoms with Crippen molar-refractivity contribution < 1.29 is 63.9 Å². The van der Waals surface area contributed by atoms with Crippen LogP contribution in [-0.4, -0.2) is 151 Å². The second-order valence-electron chi connectivity index (χ2n) is 16.1. The fourth-order valence-electron chi connectivity index (χ4n) is 7.46. The Bertz CT molecular complexity index is 2410. The third kappa shape index (κ3) is 14.2.